The number of esters is 1. The molecule has 0 N–H and O–H groups in total. The Morgan fingerprint density at radius 2 is 1.98 bits per heavy atom. The van der Waals surface area contributed by atoms with Crippen molar-refractivity contribution in [2.45, 2.75) is 82.0 Å². The maximum Gasteiger partial charge on any atom is 0.573 e. The van der Waals surface area contributed by atoms with E-state index in [2.05, 4.69) is 22.8 Å². The molecule has 1 saturated heterocycles. The van der Waals surface area contributed by atoms with Gasteiger partial charge < -0.3 is 23.8 Å². The summed E-state index contributed by atoms with van der Waals surface area (Å²) in [6.45, 7) is 6.72. The molecule has 2 heterocycles. The van der Waals surface area contributed by atoms with Crippen molar-refractivity contribution in [2.75, 3.05) is 27.2 Å². The Bertz CT molecular complexity index is 1530. The Kier molecular flexibility index (Phi) is 7.82. The Hall–Kier alpha value is -3.73. The van der Waals surface area contributed by atoms with Crippen LogP contribution in [0.15, 0.2) is 42.5 Å². The number of carbonyl (C=O) groups is 2. The highest BCUT2D eigenvalue weighted by atomic mass is 19.4. The van der Waals surface area contributed by atoms with Crippen LogP contribution >= 0.6 is 0 Å². The summed E-state index contributed by atoms with van der Waals surface area (Å²) in [7, 11) is 3.68. The summed E-state index contributed by atoms with van der Waals surface area (Å²) in [5.74, 6) is 0.392. The van der Waals surface area contributed by atoms with E-state index < -0.39 is 23.5 Å². The van der Waals surface area contributed by atoms with E-state index in [9.17, 15) is 22.8 Å². The van der Waals surface area contributed by atoms with E-state index in [1.807, 2.05) is 24.8 Å². The SMILES string of the molecule is COc1ccc2c3c1O[C@H]1[C@@H](N(CC(C)C)C(=O)C=Cc4cccc(OC(F)(F)F)c4)CC[C@@]4(OC(C)=O)[C@@H](C2)N(C)CC[C@]314. The largest absolute Gasteiger partial charge is 0.573 e. The number of methoxy groups -OCH3 is 1. The van der Waals surface area contributed by atoms with Crippen LogP contribution in [-0.4, -0.2) is 79.1 Å². The summed E-state index contributed by atoms with van der Waals surface area (Å²) in [5.41, 5.74) is 1.01. The molecule has 6 rings (SSSR count). The first kappa shape index (κ1) is 31.3. The average Bonchev–Trinajstić information content (AvgIpc) is 3.31. The van der Waals surface area contributed by atoms with Crippen LogP contribution in [0, 0.1) is 5.92 Å². The molecule has 1 amide bonds. The zero-order valence-corrected chi connectivity index (χ0v) is 26.1. The third kappa shape index (κ3) is 5.13. The van der Waals surface area contributed by atoms with Gasteiger partial charge in [-0.3, -0.25) is 14.5 Å². The highest BCUT2D eigenvalue weighted by Gasteiger charge is 2.75. The molecule has 11 heteroatoms. The molecule has 2 aromatic rings. The molecule has 2 aromatic carbocycles. The first-order chi connectivity index (χ1) is 21.3. The molecule has 0 radical (unpaired) electrons. The Balaban J connectivity index is 1.41. The lowest BCUT2D eigenvalue weighted by atomic mass is 9.48. The van der Waals surface area contributed by atoms with E-state index in [-0.39, 0.29) is 35.6 Å². The summed E-state index contributed by atoms with van der Waals surface area (Å²) in [6, 6.07) is 9.08. The van der Waals surface area contributed by atoms with E-state index in [0.717, 1.165) is 17.7 Å². The van der Waals surface area contributed by atoms with Gasteiger partial charge in [-0.1, -0.05) is 32.0 Å². The number of nitrogens with zero attached hydrogens (tertiary/aromatic N) is 2. The molecule has 0 aromatic heterocycles. The van der Waals surface area contributed by atoms with Crippen molar-refractivity contribution in [2.24, 2.45) is 5.92 Å². The first-order valence-corrected chi connectivity index (χ1v) is 15.4. The minimum absolute atomic E-state index is 0.0608. The fraction of sp³-hybridized carbons (Fsp3) is 0.529. The van der Waals surface area contributed by atoms with E-state index >= 15 is 0 Å². The van der Waals surface area contributed by atoms with Crippen molar-refractivity contribution in [1.29, 1.82) is 0 Å². The van der Waals surface area contributed by atoms with Crippen molar-refractivity contribution in [3.63, 3.8) is 0 Å². The van der Waals surface area contributed by atoms with Gasteiger partial charge in [-0.05, 0) is 80.6 Å². The third-order valence-electron chi connectivity index (χ3n) is 9.94. The molecule has 1 spiro atoms. The van der Waals surface area contributed by atoms with Crippen LogP contribution < -0.4 is 14.2 Å². The second-order valence-electron chi connectivity index (χ2n) is 13.0. The van der Waals surface area contributed by atoms with Gasteiger partial charge in [-0.2, -0.15) is 0 Å². The van der Waals surface area contributed by atoms with Crippen LogP contribution in [0.2, 0.25) is 0 Å². The molecule has 5 atom stereocenters. The molecule has 45 heavy (non-hydrogen) atoms. The number of halogens is 3. The molecule has 0 unspecified atom stereocenters. The molecular weight excluding hydrogens is 589 g/mol. The summed E-state index contributed by atoms with van der Waals surface area (Å²) >= 11 is 0. The predicted octanol–water partition coefficient (Wildman–Crippen LogP) is 5.52. The molecule has 2 aliphatic heterocycles. The van der Waals surface area contributed by atoms with Gasteiger partial charge in [0.25, 0.3) is 0 Å². The highest BCUT2D eigenvalue weighted by Crippen LogP contribution is 2.67. The molecule has 4 aliphatic rings. The number of piperidine rings is 1. The number of ether oxygens (including phenoxy) is 4. The number of rotatable bonds is 8. The third-order valence-corrected chi connectivity index (χ3v) is 9.94. The van der Waals surface area contributed by atoms with Gasteiger partial charge in [0.1, 0.15) is 17.5 Å². The number of alkyl halides is 3. The number of likely N-dealkylation sites (tertiary alicyclic amines) is 1. The van der Waals surface area contributed by atoms with Gasteiger partial charge in [-0.25, -0.2) is 0 Å². The van der Waals surface area contributed by atoms with Crippen molar-refractivity contribution in [3.8, 4) is 17.2 Å². The smallest absolute Gasteiger partial charge is 0.493 e. The Morgan fingerprint density at radius 1 is 1.20 bits per heavy atom. The van der Waals surface area contributed by atoms with Crippen LogP contribution in [0.1, 0.15) is 56.7 Å². The van der Waals surface area contributed by atoms with E-state index in [0.29, 0.717) is 49.3 Å². The molecule has 1 saturated carbocycles. The van der Waals surface area contributed by atoms with Crippen molar-refractivity contribution in [1.82, 2.24) is 9.80 Å². The second kappa shape index (κ2) is 11.3. The van der Waals surface area contributed by atoms with Crippen molar-refractivity contribution in [3.05, 3.63) is 59.2 Å². The van der Waals surface area contributed by atoms with Gasteiger partial charge in [0, 0.05) is 25.1 Å². The number of amides is 1. The Morgan fingerprint density at radius 3 is 2.67 bits per heavy atom. The van der Waals surface area contributed by atoms with Gasteiger partial charge >= 0.3 is 12.3 Å². The van der Waals surface area contributed by atoms with Crippen molar-refractivity contribution < 1.29 is 41.7 Å². The number of hydrogen-bond donors (Lipinski definition) is 0. The minimum Gasteiger partial charge on any atom is -0.493 e. The standard InChI is InChI=1S/C34H39F3N2O6/c1-20(2)19-39(28(41)12-9-22-7-6-8-24(17-22)45-34(35,36)37)25-13-14-33(44-21(3)40)27-18-23-10-11-26(42-5)30-29(23)32(33,31(25)43-30)15-16-38(27)4/h6-12,17,20,25,27,31H,13-16,18-19H2,1-5H3/t25-,27+,31-,32-,33+/m0/s1. The molecule has 2 aliphatic carbocycles. The van der Waals surface area contributed by atoms with Crippen LogP contribution in [0.4, 0.5) is 13.2 Å². The van der Waals surface area contributed by atoms with Crippen molar-refractivity contribution >= 4 is 18.0 Å². The zero-order valence-electron chi connectivity index (χ0n) is 26.1. The summed E-state index contributed by atoms with van der Waals surface area (Å²) in [6.07, 6.45) is 0.0311. The maximum absolute atomic E-state index is 14.0. The topological polar surface area (TPSA) is 77.5 Å². The van der Waals surface area contributed by atoms with E-state index in [4.69, 9.17) is 14.2 Å². The zero-order chi connectivity index (χ0) is 32.3. The molecule has 8 nitrogen and oxygen atoms in total. The van der Waals surface area contributed by atoms with Gasteiger partial charge in [0.15, 0.2) is 11.5 Å². The summed E-state index contributed by atoms with van der Waals surface area (Å²) in [5, 5.41) is 0. The average molecular weight is 629 g/mol. The predicted molar refractivity (Wildman–Crippen MR) is 160 cm³/mol. The van der Waals surface area contributed by atoms with Crippen LogP contribution in [0.5, 0.6) is 17.2 Å². The number of benzene rings is 2. The second-order valence-corrected chi connectivity index (χ2v) is 13.0. The first-order valence-electron chi connectivity index (χ1n) is 15.4. The highest BCUT2D eigenvalue weighted by molar-refractivity contribution is 5.92. The van der Waals surface area contributed by atoms with Gasteiger partial charge in [-0.15, -0.1) is 13.2 Å². The number of hydrogen-bond acceptors (Lipinski definition) is 7. The normalized spacial score (nSPS) is 28.4. The molecule has 242 valence electrons. The van der Waals surface area contributed by atoms with E-state index in [1.54, 1.807) is 13.2 Å². The van der Waals surface area contributed by atoms with Crippen LogP contribution in [0.25, 0.3) is 6.08 Å². The lowest BCUT2D eigenvalue weighted by molar-refractivity contribution is -0.274. The van der Waals surface area contributed by atoms with Crippen LogP contribution in [-0.2, 0) is 26.2 Å². The van der Waals surface area contributed by atoms with E-state index in [1.165, 1.54) is 37.3 Å². The fourth-order valence-electron chi connectivity index (χ4n) is 8.49. The molecule has 2 bridgehead atoms. The lowest BCUT2D eigenvalue weighted by Gasteiger charge is -2.65. The van der Waals surface area contributed by atoms with Gasteiger partial charge in [0.05, 0.1) is 24.6 Å². The number of carbonyl (C=O) groups excluding carboxylic acids is 2. The Labute approximate surface area is 261 Å². The number of likely N-dealkylation sites (N-methyl/N-ethyl adjacent to an activating group) is 1. The van der Waals surface area contributed by atoms with Gasteiger partial charge in [0.2, 0.25) is 5.91 Å². The monoisotopic (exact) mass is 628 g/mol. The summed E-state index contributed by atoms with van der Waals surface area (Å²) in [4.78, 5) is 31.0. The molecular formula is C34H39F3N2O6. The lowest BCUT2D eigenvalue weighted by Crippen LogP contribution is -2.79. The quantitative estimate of drug-likeness (QED) is 0.282. The maximum atomic E-state index is 14.0. The minimum atomic E-state index is -4.82. The van der Waals surface area contributed by atoms with Crippen LogP contribution in [0.3, 0.4) is 0 Å². The summed E-state index contributed by atoms with van der Waals surface area (Å²) < 4.78 is 61.6. The molecule has 2 fully saturated rings. The fourth-order valence-corrected chi connectivity index (χ4v) is 8.49.